The van der Waals surface area contributed by atoms with Gasteiger partial charge in [0, 0.05) is 25.5 Å². The van der Waals surface area contributed by atoms with Crippen molar-refractivity contribution in [1.82, 2.24) is 4.57 Å². The Hall–Kier alpha value is -4.51. The zero-order chi connectivity index (χ0) is 27.6. The predicted molar refractivity (Wildman–Crippen MR) is 138 cm³/mol. The second-order valence-corrected chi connectivity index (χ2v) is 9.24. The highest BCUT2D eigenvalue weighted by atomic mass is 32.1. The van der Waals surface area contributed by atoms with Crippen LogP contribution in [0.5, 0.6) is 17.2 Å². The van der Waals surface area contributed by atoms with E-state index in [0.29, 0.717) is 27.4 Å². The third kappa shape index (κ3) is 5.28. The van der Waals surface area contributed by atoms with Gasteiger partial charge in [-0.05, 0) is 42.8 Å². The SMILES string of the molecule is COC(=O)C1=C(C)N=c2s/c(=C/c3ccc(OC(C)=O)cc3OC(C)=O)c(=O)n2[C@H]1c1ccc(OC)cc1. The Morgan fingerprint density at radius 2 is 1.63 bits per heavy atom. The Kier molecular flexibility index (Phi) is 7.58. The molecule has 0 radical (unpaired) electrons. The summed E-state index contributed by atoms with van der Waals surface area (Å²) < 4.78 is 22.4. The fourth-order valence-electron chi connectivity index (χ4n) is 4.04. The summed E-state index contributed by atoms with van der Waals surface area (Å²) in [6, 6.07) is 10.7. The Balaban J connectivity index is 1.92. The molecule has 11 heteroatoms. The van der Waals surface area contributed by atoms with Crippen LogP contribution in [0.2, 0.25) is 0 Å². The minimum absolute atomic E-state index is 0.111. The van der Waals surface area contributed by atoms with Crippen LogP contribution in [0.1, 0.15) is 37.9 Å². The highest BCUT2D eigenvalue weighted by molar-refractivity contribution is 7.07. The summed E-state index contributed by atoms with van der Waals surface area (Å²) in [5.74, 6) is -0.796. The Labute approximate surface area is 221 Å². The van der Waals surface area contributed by atoms with Gasteiger partial charge in [0.25, 0.3) is 5.56 Å². The minimum Gasteiger partial charge on any atom is -0.497 e. The van der Waals surface area contributed by atoms with Crippen molar-refractivity contribution in [2.75, 3.05) is 14.2 Å². The molecular weight excluding hydrogens is 512 g/mol. The van der Waals surface area contributed by atoms with Crippen molar-refractivity contribution in [2.24, 2.45) is 4.99 Å². The molecule has 0 spiro atoms. The number of hydrogen-bond acceptors (Lipinski definition) is 10. The lowest BCUT2D eigenvalue weighted by atomic mass is 9.96. The number of aromatic nitrogens is 1. The van der Waals surface area contributed by atoms with Crippen molar-refractivity contribution in [1.29, 1.82) is 0 Å². The van der Waals surface area contributed by atoms with Gasteiger partial charge in [-0.3, -0.25) is 19.0 Å². The molecule has 196 valence electrons. The van der Waals surface area contributed by atoms with E-state index in [1.54, 1.807) is 50.4 Å². The highest BCUT2D eigenvalue weighted by Crippen LogP contribution is 2.31. The van der Waals surface area contributed by atoms with Crippen molar-refractivity contribution in [3.05, 3.63) is 84.5 Å². The van der Waals surface area contributed by atoms with Crippen molar-refractivity contribution in [3.63, 3.8) is 0 Å². The van der Waals surface area contributed by atoms with E-state index in [1.165, 1.54) is 37.7 Å². The molecule has 0 unspecified atom stereocenters. The molecule has 1 aliphatic rings. The number of methoxy groups -OCH3 is 2. The molecule has 3 aromatic rings. The third-order valence-corrected chi connectivity index (χ3v) is 6.63. The van der Waals surface area contributed by atoms with Crippen molar-refractivity contribution in [3.8, 4) is 17.2 Å². The molecular formula is C27H24N2O8S. The van der Waals surface area contributed by atoms with Crippen LogP contribution in [0.25, 0.3) is 6.08 Å². The van der Waals surface area contributed by atoms with Gasteiger partial charge in [0.05, 0.1) is 36.1 Å². The van der Waals surface area contributed by atoms with E-state index in [9.17, 15) is 19.2 Å². The predicted octanol–water partition coefficient (Wildman–Crippen LogP) is 2.27. The van der Waals surface area contributed by atoms with E-state index >= 15 is 0 Å². The maximum absolute atomic E-state index is 13.7. The number of allylic oxidation sites excluding steroid dienone is 1. The van der Waals surface area contributed by atoms with Gasteiger partial charge < -0.3 is 18.9 Å². The van der Waals surface area contributed by atoms with Crippen LogP contribution in [0.15, 0.2) is 63.5 Å². The second-order valence-electron chi connectivity index (χ2n) is 8.23. The quantitative estimate of drug-likeness (QED) is 0.347. The van der Waals surface area contributed by atoms with Crippen molar-refractivity contribution < 1.29 is 33.3 Å². The summed E-state index contributed by atoms with van der Waals surface area (Å²) in [7, 11) is 2.82. The number of carbonyl (C=O) groups is 3. The molecule has 0 aliphatic carbocycles. The van der Waals surface area contributed by atoms with Gasteiger partial charge in [-0.1, -0.05) is 23.5 Å². The van der Waals surface area contributed by atoms with Crippen LogP contribution in [0, 0.1) is 0 Å². The number of benzene rings is 2. The zero-order valence-corrected chi connectivity index (χ0v) is 22.1. The van der Waals surface area contributed by atoms with Gasteiger partial charge >= 0.3 is 17.9 Å². The normalized spacial score (nSPS) is 14.9. The summed E-state index contributed by atoms with van der Waals surface area (Å²) in [6.07, 6.45) is 1.56. The summed E-state index contributed by atoms with van der Waals surface area (Å²) in [6.45, 7) is 4.18. The Bertz CT molecular complexity index is 1650. The van der Waals surface area contributed by atoms with Crippen molar-refractivity contribution in [2.45, 2.75) is 26.8 Å². The topological polar surface area (TPSA) is 122 Å². The van der Waals surface area contributed by atoms with Gasteiger partial charge in [0.1, 0.15) is 17.2 Å². The summed E-state index contributed by atoms with van der Waals surface area (Å²) in [5.41, 5.74) is 1.34. The molecule has 0 saturated carbocycles. The number of esters is 3. The number of carbonyl (C=O) groups excluding carboxylic acids is 3. The molecule has 0 saturated heterocycles. The molecule has 2 aromatic carbocycles. The molecule has 0 bridgehead atoms. The lowest BCUT2D eigenvalue weighted by Crippen LogP contribution is -2.39. The molecule has 0 N–H and O–H groups in total. The molecule has 0 amide bonds. The molecule has 1 atom stereocenters. The zero-order valence-electron chi connectivity index (χ0n) is 21.3. The Morgan fingerprint density at radius 1 is 0.974 bits per heavy atom. The highest BCUT2D eigenvalue weighted by Gasteiger charge is 2.33. The molecule has 10 nitrogen and oxygen atoms in total. The first-order valence-electron chi connectivity index (χ1n) is 11.4. The van der Waals surface area contributed by atoms with Gasteiger partial charge in [0.15, 0.2) is 4.80 Å². The van der Waals surface area contributed by atoms with Crippen molar-refractivity contribution >= 4 is 35.3 Å². The fraction of sp³-hybridized carbons (Fsp3) is 0.222. The van der Waals surface area contributed by atoms with Crippen LogP contribution < -0.4 is 29.1 Å². The monoisotopic (exact) mass is 536 g/mol. The van der Waals surface area contributed by atoms with E-state index in [0.717, 1.165) is 11.3 Å². The molecule has 2 heterocycles. The standard InChI is InChI=1S/C27H24N2O8S/c1-14-23(26(33)35-5)24(17-6-9-19(34-4)10-7-17)29-25(32)22(38-27(29)28-14)12-18-8-11-20(36-15(2)30)13-21(18)37-16(3)31/h6-13,24H,1-5H3/b22-12+/t24-/m0/s1. The van der Waals surface area contributed by atoms with Gasteiger partial charge in [-0.15, -0.1) is 0 Å². The number of thiazole rings is 1. The van der Waals surface area contributed by atoms with E-state index in [4.69, 9.17) is 18.9 Å². The van der Waals surface area contributed by atoms with E-state index in [2.05, 4.69) is 4.99 Å². The smallest absolute Gasteiger partial charge is 0.338 e. The average molecular weight is 537 g/mol. The summed E-state index contributed by atoms with van der Waals surface area (Å²) >= 11 is 1.12. The van der Waals surface area contributed by atoms with Crippen LogP contribution in [0.3, 0.4) is 0 Å². The molecule has 1 aromatic heterocycles. The largest absolute Gasteiger partial charge is 0.497 e. The number of fused-ring (bicyclic) bond motifs is 1. The van der Waals surface area contributed by atoms with Crippen LogP contribution >= 0.6 is 11.3 Å². The minimum atomic E-state index is -0.786. The maximum Gasteiger partial charge on any atom is 0.338 e. The summed E-state index contributed by atoms with van der Waals surface area (Å²) in [4.78, 5) is 54.5. The number of ether oxygens (including phenoxy) is 4. The summed E-state index contributed by atoms with van der Waals surface area (Å²) in [5, 5.41) is 0. The van der Waals surface area contributed by atoms with Gasteiger partial charge in [-0.25, -0.2) is 9.79 Å². The van der Waals surface area contributed by atoms with Gasteiger partial charge in [0.2, 0.25) is 0 Å². The number of hydrogen-bond donors (Lipinski definition) is 0. The lowest BCUT2D eigenvalue weighted by molar-refractivity contribution is -0.137. The average Bonchev–Trinajstić information content (AvgIpc) is 3.18. The first kappa shape index (κ1) is 26.6. The number of nitrogens with zero attached hydrogens (tertiary/aromatic N) is 2. The van der Waals surface area contributed by atoms with Crippen LogP contribution in [0.4, 0.5) is 0 Å². The van der Waals surface area contributed by atoms with Crippen LogP contribution in [-0.2, 0) is 19.1 Å². The molecule has 4 rings (SSSR count). The van der Waals surface area contributed by atoms with Crippen LogP contribution in [-0.4, -0.2) is 36.7 Å². The maximum atomic E-state index is 13.7. The third-order valence-electron chi connectivity index (χ3n) is 5.65. The van der Waals surface area contributed by atoms with E-state index in [-0.39, 0.29) is 21.6 Å². The molecule has 0 fully saturated rings. The van der Waals surface area contributed by atoms with E-state index in [1.807, 2.05) is 0 Å². The molecule has 38 heavy (non-hydrogen) atoms. The number of rotatable bonds is 6. The lowest BCUT2D eigenvalue weighted by Gasteiger charge is -2.24. The Morgan fingerprint density at radius 3 is 2.24 bits per heavy atom. The molecule has 1 aliphatic heterocycles. The fourth-order valence-corrected chi connectivity index (χ4v) is 5.08. The second kappa shape index (κ2) is 10.9. The van der Waals surface area contributed by atoms with E-state index < -0.39 is 29.5 Å². The van der Waals surface area contributed by atoms with Gasteiger partial charge in [-0.2, -0.15) is 0 Å². The first-order valence-corrected chi connectivity index (χ1v) is 12.2. The first-order chi connectivity index (χ1) is 18.1.